The molecule has 0 saturated carbocycles. The SMILES string of the molecule is O=C1CCC(N2Cc3cc(C(=O)N4CCCN(C(c5ccccc5)c5ccccc5)CC4)ccc3C2=O)C(=O)N1. The largest absolute Gasteiger partial charge is 0.337 e. The molecular weight excluding hydrogens is 504 g/mol. The molecule has 0 aromatic heterocycles. The van der Waals surface area contributed by atoms with Gasteiger partial charge in [0.2, 0.25) is 11.8 Å². The number of carbonyl (C=O) groups is 4. The summed E-state index contributed by atoms with van der Waals surface area (Å²) in [5, 5.41) is 2.33. The fourth-order valence-corrected chi connectivity index (χ4v) is 6.17. The highest BCUT2D eigenvalue weighted by Gasteiger charge is 2.39. The minimum Gasteiger partial charge on any atom is -0.337 e. The van der Waals surface area contributed by atoms with Crippen LogP contribution < -0.4 is 5.32 Å². The maximum absolute atomic E-state index is 13.6. The number of amides is 4. The van der Waals surface area contributed by atoms with Crippen LogP contribution in [0, 0.1) is 0 Å². The van der Waals surface area contributed by atoms with E-state index in [-0.39, 0.29) is 36.7 Å². The molecule has 1 atom stereocenters. The Hall–Kier alpha value is -4.30. The van der Waals surface area contributed by atoms with Crippen LogP contribution in [0.4, 0.5) is 0 Å². The van der Waals surface area contributed by atoms with Crippen LogP contribution in [-0.2, 0) is 16.1 Å². The molecule has 40 heavy (non-hydrogen) atoms. The molecule has 8 nitrogen and oxygen atoms in total. The predicted molar refractivity (Wildman–Crippen MR) is 149 cm³/mol. The highest BCUT2D eigenvalue weighted by Crippen LogP contribution is 2.31. The predicted octanol–water partition coefficient (Wildman–Crippen LogP) is 3.39. The van der Waals surface area contributed by atoms with Crippen LogP contribution >= 0.6 is 0 Å². The molecule has 204 valence electrons. The molecule has 3 heterocycles. The van der Waals surface area contributed by atoms with Crippen LogP contribution in [0.1, 0.15) is 62.7 Å². The van der Waals surface area contributed by atoms with E-state index in [0.717, 1.165) is 25.1 Å². The van der Waals surface area contributed by atoms with Crippen LogP contribution in [-0.4, -0.2) is 70.5 Å². The molecule has 0 spiro atoms. The number of hydrogen-bond acceptors (Lipinski definition) is 5. The zero-order valence-electron chi connectivity index (χ0n) is 22.3. The van der Waals surface area contributed by atoms with E-state index in [9.17, 15) is 19.2 Å². The van der Waals surface area contributed by atoms with Gasteiger partial charge in [0.1, 0.15) is 6.04 Å². The molecule has 3 aliphatic rings. The fraction of sp³-hybridized carbons (Fsp3) is 0.312. The van der Waals surface area contributed by atoms with Gasteiger partial charge in [-0.05, 0) is 47.7 Å². The Kier molecular flexibility index (Phi) is 7.17. The Morgan fingerprint density at radius 2 is 1.52 bits per heavy atom. The number of piperidine rings is 1. The van der Waals surface area contributed by atoms with E-state index >= 15 is 0 Å². The van der Waals surface area contributed by atoms with Crippen LogP contribution in [0.25, 0.3) is 0 Å². The van der Waals surface area contributed by atoms with Gasteiger partial charge in [0.15, 0.2) is 0 Å². The molecule has 1 N–H and O–H groups in total. The Morgan fingerprint density at radius 3 is 2.20 bits per heavy atom. The maximum Gasteiger partial charge on any atom is 0.255 e. The van der Waals surface area contributed by atoms with E-state index in [1.807, 2.05) is 17.0 Å². The topological polar surface area (TPSA) is 90.0 Å². The van der Waals surface area contributed by atoms with Crippen molar-refractivity contribution in [1.82, 2.24) is 20.0 Å². The molecule has 4 amide bonds. The zero-order chi connectivity index (χ0) is 27.6. The lowest BCUT2D eigenvalue weighted by Crippen LogP contribution is -2.52. The number of nitrogens with zero attached hydrogens (tertiary/aromatic N) is 3. The first-order valence-corrected chi connectivity index (χ1v) is 13.9. The first-order valence-electron chi connectivity index (χ1n) is 13.9. The van der Waals surface area contributed by atoms with Crippen molar-refractivity contribution in [2.45, 2.75) is 37.9 Å². The van der Waals surface area contributed by atoms with Crippen molar-refractivity contribution in [2.75, 3.05) is 26.2 Å². The number of hydrogen-bond donors (Lipinski definition) is 1. The van der Waals surface area contributed by atoms with Gasteiger partial charge in [-0.15, -0.1) is 0 Å². The second kappa shape index (κ2) is 11.1. The molecule has 2 saturated heterocycles. The molecule has 8 heteroatoms. The molecule has 0 bridgehead atoms. The number of imide groups is 1. The number of benzene rings is 3. The van der Waals surface area contributed by atoms with Gasteiger partial charge in [0.05, 0.1) is 6.04 Å². The van der Waals surface area contributed by atoms with Crippen molar-refractivity contribution in [2.24, 2.45) is 0 Å². The normalized spacial score (nSPS) is 19.9. The summed E-state index contributed by atoms with van der Waals surface area (Å²) in [5.74, 6) is -1.03. The lowest BCUT2D eigenvalue weighted by Gasteiger charge is -2.31. The number of nitrogens with one attached hydrogen (secondary N) is 1. The molecule has 3 aromatic carbocycles. The van der Waals surface area contributed by atoms with Crippen molar-refractivity contribution in [1.29, 1.82) is 0 Å². The lowest BCUT2D eigenvalue weighted by molar-refractivity contribution is -0.136. The van der Waals surface area contributed by atoms with Crippen molar-refractivity contribution < 1.29 is 19.2 Å². The van der Waals surface area contributed by atoms with E-state index < -0.39 is 11.9 Å². The third kappa shape index (κ3) is 5.02. The molecule has 0 radical (unpaired) electrons. The van der Waals surface area contributed by atoms with Crippen LogP contribution in [0.2, 0.25) is 0 Å². The van der Waals surface area contributed by atoms with Gasteiger partial charge in [-0.3, -0.25) is 29.4 Å². The minimum atomic E-state index is -0.671. The van der Waals surface area contributed by atoms with Crippen LogP contribution in [0.15, 0.2) is 78.9 Å². The van der Waals surface area contributed by atoms with Gasteiger partial charge in [0, 0.05) is 50.3 Å². The molecule has 3 aliphatic heterocycles. The summed E-state index contributed by atoms with van der Waals surface area (Å²) >= 11 is 0. The lowest BCUT2D eigenvalue weighted by atomic mass is 9.97. The van der Waals surface area contributed by atoms with E-state index in [1.165, 1.54) is 16.0 Å². The second-order valence-electron chi connectivity index (χ2n) is 10.7. The average molecular weight is 537 g/mol. The molecule has 0 aliphatic carbocycles. The summed E-state index contributed by atoms with van der Waals surface area (Å²) < 4.78 is 0. The Morgan fingerprint density at radius 1 is 0.825 bits per heavy atom. The van der Waals surface area contributed by atoms with Crippen molar-refractivity contribution in [3.63, 3.8) is 0 Å². The van der Waals surface area contributed by atoms with Crippen LogP contribution in [0.5, 0.6) is 0 Å². The van der Waals surface area contributed by atoms with Gasteiger partial charge < -0.3 is 9.80 Å². The highest BCUT2D eigenvalue weighted by atomic mass is 16.2. The van der Waals surface area contributed by atoms with Gasteiger partial charge in [-0.1, -0.05) is 60.7 Å². The summed E-state index contributed by atoms with van der Waals surface area (Å²) in [6, 6.07) is 25.6. The molecule has 6 rings (SSSR count). The van der Waals surface area contributed by atoms with Gasteiger partial charge in [-0.25, -0.2) is 0 Å². The number of carbonyl (C=O) groups excluding carboxylic acids is 4. The summed E-state index contributed by atoms with van der Waals surface area (Å²) in [6.45, 7) is 3.13. The monoisotopic (exact) mass is 536 g/mol. The van der Waals surface area contributed by atoms with Crippen LogP contribution in [0.3, 0.4) is 0 Å². The smallest absolute Gasteiger partial charge is 0.255 e. The number of rotatable bonds is 5. The third-order valence-corrected chi connectivity index (χ3v) is 8.18. The number of fused-ring (bicyclic) bond motifs is 1. The van der Waals surface area contributed by atoms with E-state index in [4.69, 9.17) is 0 Å². The van der Waals surface area contributed by atoms with Gasteiger partial charge in [-0.2, -0.15) is 0 Å². The zero-order valence-corrected chi connectivity index (χ0v) is 22.3. The summed E-state index contributed by atoms with van der Waals surface area (Å²) in [5.41, 5.74) is 4.27. The third-order valence-electron chi connectivity index (χ3n) is 8.18. The Balaban J connectivity index is 1.17. The molecule has 2 fully saturated rings. The molecule has 1 unspecified atom stereocenters. The minimum absolute atomic E-state index is 0.0486. The van der Waals surface area contributed by atoms with E-state index in [1.54, 1.807) is 18.2 Å². The molecule has 3 aromatic rings. The van der Waals surface area contributed by atoms with Crippen molar-refractivity contribution >= 4 is 23.6 Å². The quantitative estimate of drug-likeness (QED) is 0.505. The highest BCUT2D eigenvalue weighted by molar-refractivity contribution is 6.06. The first kappa shape index (κ1) is 26.0. The van der Waals surface area contributed by atoms with E-state index in [0.29, 0.717) is 30.6 Å². The van der Waals surface area contributed by atoms with Crippen molar-refractivity contribution in [3.05, 3.63) is 107 Å². The molecular formula is C32H32N4O4. The fourth-order valence-electron chi connectivity index (χ4n) is 6.17. The summed E-state index contributed by atoms with van der Waals surface area (Å²) in [4.78, 5) is 56.5. The van der Waals surface area contributed by atoms with E-state index in [2.05, 4.69) is 58.7 Å². The van der Waals surface area contributed by atoms with Gasteiger partial charge in [0.25, 0.3) is 11.8 Å². The van der Waals surface area contributed by atoms with Gasteiger partial charge >= 0.3 is 0 Å². The standard InChI is InChI=1S/C32H32N4O4/c37-28-15-14-27(30(38)33-28)36-21-25-20-24(12-13-26(25)32(36)40)31(39)35-17-7-16-34(18-19-35)29(22-8-3-1-4-9-22)23-10-5-2-6-11-23/h1-6,8-13,20,27,29H,7,14-19,21H2,(H,33,37,38). The Labute approximate surface area is 233 Å². The van der Waals surface area contributed by atoms with Crippen molar-refractivity contribution in [3.8, 4) is 0 Å². The first-order chi connectivity index (χ1) is 19.5. The summed E-state index contributed by atoms with van der Waals surface area (Å²) in [6.07, 6.45) is 1.38. The second-order valence-corrected chi connectivity index (χ2v) is 10.7. The average Bonchev–Trinajstić information content (AvgIpc) is 3.13. The summed E-state index contributed by atoms with van der Waals surface area (Å²) in [7, 11) is 0. The Bertz CT molecular complexity index is 1400. The maximum atomic E-state index is 13.6.